The zero-order valence-corrected chi connectivity index (χ0v) is 16.8. The third-order valence-corrected chi connectivity index (χ3v) is 6.41. The standard InChI is InChI=1S/C19H25N3O4S/c1-12(2)11-16(21-27(24,25)18-13(3)20-26-14(18)4)19(23)22-10-9-15-7-5-6-8-17(15)22/h5-8,12,16,21H,9-11H2,1-4H3/t16-/m0/s1. The van der Waals surface area contributed by atoms with Crippen LogP contribution in [0.3, 0.4) is 0 Å². The van der Waals surface area contributed by atoms with Crippen molar-refractivity contribution in [2.45, 2.75) is 51.5 Å². The number of benzene rings is 1. The summed E-state index contributed by atoms with van der Waals surface area (Å²) in [6.07, 6.45) is 1.17. The Labute approximate surface area is 159 Å². The Hall–Kier alpha value is -2.19. The number of nitrogens with one attached hydrogen (secondary N) is 1. The van der Waals surface area contributed by atoms with Gasteiger partial charge in [-0.15, -0.1) is 0 Å². The predicted molar refractivity (Wildman–Crippen MR) is 102 cm³/mol. The van der Waals surface area contributed by atoms with Crippen LogP contribution in [0, 0.1) is 19.8 Å². The maximum Gasteiger partial charge on any atom is 0.246 e. The normalized spacial score (nSPS) is 15.2. The summed E-state index contributed by atoms with van der Waals surface area (Å²) < 4.78 is 33.4. The highest BCUT2D eigenvalue weighted by molar-refractivity contribution is 7.89. The van der Waals surface area contributed by atoms with Crippen molar-refractivity contribution in [1.82, 2.24) is 9.88 Å². The second-order valence-corrected chi connectivity index (χ2v) is 8.98. The number of amides is 1. The average Bonchev–Trinajstić information content (AvgIpc) is 3.16. The third kappa shape index (κ3) is 3.91. The second kappa shape index (κ2) is 7.44. The van der Waals surface area contributed by atoms with E-state index in [1.165, 1.54) is 0 Å². The largest absolute Gasteiger partial charge is 0.360 e. The number of aromatic nitrogens is 1. The molecule has 2 aromatic rings. The van der Waals surface area contributed by atoms with Crippen LogP contribution in [-0.2, 0) is 21.2 Å². The minimum Gasteiger partial charge on any atom is -0.360 e. The number of fused-ring (bicyclic) bond motifs is 1. The second-order valence-electron chi connectivity index (χ2n) is 7.33. The quantitative estimate of drug-likeness (QED) is 0.817. The first-order chi connectivity index (χ1) is 12.7. The molecule has 1 N–H and O–H groups in total. The number of hydrogen-bond acceptors (Lipinski definition) is 5. The fourth-order valence-electron chi connectivity index (χ4n) is 3.53. The van der Waals surface area contributed by atoms with E-state index in [0.717, 1.165) is 17.7 Å². The third-order valence-electron chi connectivity index (χ3n) is 4.69. The molecule has 0 saturated heterocycles. The molecule has 0 bridgehead atoms. The maximum absolute atomic E-state index is 13.2. The van der Waals surface area contributed by atoms with Crippen LogP contribution in [0.15, 0.2) is 33.7 Å². The summed E-state index contributed by atoms with van der Waals surface area (Å²) in [5.74, 6) is 0.121. The lowest BCUT2D eigenvalue weighted by molar-refractivity contribution is -0.120. The van der Waals surface area contributed by atoms with Gasteiger partial charge in [0.2, 0.25) is 15.9 Å². The smallest absolute Gasteiger partial charge is 0.246 e. The van der Waals surface area contributed by atoms with Gasteiger partial charge in [0.25, 0.3) is 0 Å². The van der Waals surface area contributed by atoms with E-state index in [4.69, 9.17) is 4.52 Å². The number of nitrogens with zero attached hydrogens (tertiary/aromatic N) is 2. The highest BCUT2D eigenvalue weighted by Crippen LogP contribution is 2.29. The van der Waals surface area contributed by atoms with Crippen molar-refractivity contribution in [3.8, 4) is 0 Å². The van der Waals surface area contributed by atoms with Crippen LogP contribution < -0.4 is 9.62 Å². The first kappa shape index (κ1) is 19.6. The number of rotatable bonds is 6. The first-order valence-corrected chi connectivity index (χ1v) is 10.5. The molecule has 1 aromatic heterocycles. The molecule has 3 rings (SSSR count). The van der Waals surface area contributed by atoms with Crippen molar-refractivity contribution < 1.29 is 17.7 Å². The van der Waals surface area contributed by atoms with Gasteiger partial charge in [0.15, 0.2) is 5.76 Å². The number of anilines is 1. The average molecular weight is 391 g/mol. The topological polar surface area (TPSA) is 92.5 Å². The molecule has 1 atom stereocenters. The summed E-state index contributed by atoms with van der Waals surface area (Å²) in [4.78, 5) is 14.9. The van der Waals surface area contributed by atoms with Gasteiger partial charge in [0.1, 0.15) is 16.6 Å². The molecule has 0 fully saturated rings. The lowest BCUT2D eigenvalue weighted by Gasteiger charge is -2.26. The van der Waals surface area contributed by atoms with E-state index in [0.29, 0.717) is 13.0 Å². The molecule has 1 aromatic carbocycles. The number of aryl methyl sites for hydroxylation is 2. The SMILES string of the molecule is Cc1noc(C)c1S(=O)(=O)N[C@@H](CC(C)C)C(=O)N1CCc2ccccc21. The lowest BCUT2D eigenvalue weighted by Crippen LogP contribution is -2.49. The van der Waals surface area contributed by atoms with Gasteiger partial charge >= 0.3 is 0 Å². The molecule has 27 heavy (non-hydrogen) atoms. The molecule has 0 aliphatic carbocycles. The predicted octanol–water partition coefficient (Wildman–Crippen LogP) is 2.57. The van der Waals surface area contributed by atoms with Gasteiger partial charge in [-0.2, -0.15) is 4.72 Å². The van der Waals surface area contributed by atoms with Gasteiger partial charge in [0, 0.05) is 12.2 Å². The van der Waals surface area contributed by atoms with Gasteiger partial charge < -0.3 is 9.42 Å². The van der Waals surface area contributed by atoms with E-state index in [1.807, 2.05) is 38.1 Å². The van der Waals surface area contributed by atoms with E-state index in [1.54, 1.807) is 18.7 Å². The van der Waals surface area contributed by atoms with E-state index in [9.17, 15) is 13.2 Å². The van der Waals surface area contributed by atoms with Crippen LogP contribution in [-0.4, -0.2) is 32.1 Å². The van der Waals surface area contributed by atoms with Crippen molar-refractivity contribution in [2.75, 3.05) is 11.4 Å². The van der Waals surface area contributed by atoms with Crippen molar-refractivity contribution >= 4 is 21.6 Å². The molecule has 1 amide bonds. The van der Waals surface area contributed by atoms with E-state index < -0.39 is 16.1 Å². The zero-order valence-electron chi connectivity index (χ0n) is 16.0. The Morgan fingerprint density at radius 3 is 2.63 bits per heavy atom. The monoisotopic (exact) mass is 391 g/mol. The summed E-state index contributed by atoms with van der Waals surface area (Å²) in [6.45, 7) is 7.59. The zero-order chi connectivity index (χ0) is 19.8. The molecule has 0 radical (unpaired) electrons. The van der Waals surface area contributed by atoms with Crippen LogP contribution in [0.2, 0.25) is 0 Å². The van der Waals surface area contributed by atoms with E-state index >= 15 is 0 Å². The molecule has 7 nitrogen and oxygen atoms in total. The van der Waals surface area contributed by atoms with Gasteiger partial charge in [0.05, 0.1) is 0 Å². The Bertz CT molecular complexity index is 930. The Morgan fingerprint density at radius 1 is 1.30 bits per heavy atom. The molecule has 146 valence electrons. The Balaban J connectivity index is 1.90. The molecule has 0 unspecified atom stereocenters. The van der Waals surface area contributed by atoms with Crippen molar-refractivity contribution in [1.29, 1.82) is 0 Å². The Morgan fingerprint density at radius 2 is 2.00 bits per heavy atom. The number of carbonyl (C=O) groups excluding carboxylic acids is 1. The van der Waals surface area contributed by atoms with E-state index in [2.05, 4.69) is 9.88 Å². The van der Waals surface area contributed by atoms with Crippen molar-refractivity contribution in [2.24, 2.45) is 5.92 Å². The molecule has 0 spiro atoms. The Kier molecular flexibility index (Phi) is 5.39. The highest BCUT2D eigenvalue weighted by Gasteiger charge is 2.35. The summed E-state index contributed by atoms with van der Waals surface area (Å²) in [6, 6.07) is 6.87. The summed E-state index contributed by atoms with van der Waals surface area (Å²) in [5.41, 5.74) is 2.23. The minimum atomic E-state index is -3.93. The number of para-hydroxylation sites is 1. The van der Waals surface area contributed by atoms with Crippen LogP contribution >= 0.6 is 0 Å². The number of sulfonamides is 1. The molecule has 8 heteroatoms. The minimum absolute atomic E-state index is 0.00544. The van der Waals surface area contributed by atoms with Gasteiger partial charge in [-0.05, 0) is 44.2 Å². The summed E-state index contributed by atoms with van der Waals surface area (Å²) in [5, 5.41) is 3.71. The lowest BCUT2D eigenvalue weighted by atomic mass is 10.0. The first-order valence-electron chi connectivity index (χ1n) is 9.05. The summed E-state index contributed by atoms with van der Waals surface area (Å²) >= 11 is 0. The fraction of sp³-hybridized carbons (Fsp3) is 0.474. The van der Waals surface area contributed by atoms with Crippen molar-refractivity contribution in [3.05, 3.63) is 41.3 Å². The number of hydrogen-bond donors (Lipinski definition) is 1. The summed E-state index contributed by atoms with van der Waals surface area (Å²) in [7, 11) is -3.93. The van der Waals surface area contributed by atoms with Crippen molar-refractivity contribution in [3.63, 3.8) is 0 Å². The van der Waals surface area contributed by atoms with Crippen LogP contribution in [0.1, 0.15) is 37.3 Å². The van der Waals surface area contributed by atoms with Gasteiger partial charge in [-0.1, -0.05) is 37.2 Å². The molecule has 1 aliphatic rings. The van der Waals surface area contributed by atoms with Crippen LogP contribution in [0.5, 0.6) is 0 Å². The fourth-order valence-corrected chi connectivity index (χ4v) is 5.06. The van der Waals surface area contributed by atoms with Gasteiger partial charge in [-0.25, -0.2) is 8.42 Å². The van der Waals surface area contributed by atoms with E-state index in [-0.39, 0.29) is 28.2 Å². The highest BCUT2D eigenvalue weighted by atomic mass is 32.2. The van der Waals surface area contributed by atoms with Gasteiger partial charge in [-0.3, -0.25) is 4.79 Å². The molecular formula is C19H25N3O4S. The van der Waals surface area contributed by atoms with Crippen LogP contribution in [0.25, 0.3) is 0 Å². The molecule has 1 aliphatic heterocycles. The van der Waals surface area contributed by atoms with Crippen LogP contribution in [0.4, 0.5) is 5.69 Å². The molecule has 2 heterocycles. The maximum atomic E-state index is 13.2. The molecule has 0 saturated carbocycles. The number of carbonyl (C=O) groups is 1. The molecular weight excluding hydrogens is 366 g/mol.